The van der Waals surface area contributed by atoms with Gasteiger partial charge in [0.05, 0.1) is 12.2 Å². The Morgan fingerprint density at radius 1 is 1.33 bits per heavy atom. The number of hydrogen-bond acceptors (Lipinski definition) is 2. The molecular formula is C7H12O2. The Labute approximate surface area is 55.5 Å². The molecule has 0 bridgehead atoms. The Balaban J connectivity index is 3.76. The van der Waals surface area contributed by atoms with Gasteiger partial charge in [-0.2, -0.15) is 0 Å². The summed E-state index contributed by atoms with van der Waals surface area (Å²) in [5.74, 6) is 2.06. The van der Waals surface area contributed by atoms with Crippen molar-refractivity contribution < 1.29 is 10.2 Å². The van der Waals surface area contributed by atoms with Crippen molar-refractivity contribution in [2.24, 2.45) is 5.92 Å². The van der Waals surface area contributed by atoms with Crippen molar-refractivity contribution in [2.75, 3.05) is 0 Å². The number of aliphatic hydroxyl groups is 2. The minimum absolute atomic E-state index is 0.273. The van der Waals surface area contributed by atoms with Crippen LogP contribution in [0.2, 0.25) is 0 Å². The molecular weight excluding hydrogens is 116 g/mol. The molecule has 0 spiro atoms. The molecule has 9 heavy (non-hydrogen) atoms. The standard InChI is InChI=1S/C7H12O2/c1-4-5(2)7(9)6(3)8/h1,5-9H,2-3H3/t5-,6-,7-/m0/s1. The molecule has 0 radical (unpaired) electrons. The van der Waals surface area contributed by atoms with Crippen molar-refractivity contribution in [3.8, 4) is 12.3 Å². The zero-order valence-electron chi connectivity index (χ0n) is 5.70. The van der Waals surface area contributed by atoms with Gasteiger partial charge in [-0.25, -0.2) is 0 Å². The monoisotopic (exact) mass is 128 g/mol. The van der Waals surface area contributed by atoms with E-state index in [1.807, 2.05) is 0 Å². The first-order valence-electron chi connectivity index (χ1n) is 2.92. The highest BCUT2D eigenvalue weighted by atomic mass is 16.3. The molecule has 52 valence electrons. The normalized spacial score (nSPS) is 19.9. The molecule has 0 rings (SSSR count). The van der Waals surface area contributed by atoms with Gasteiger partial charge in [-0.15, -0.1) is 12.3 Å². The van der Waals surface area contributed by atoms with Crippen LogP contribution in [0.1, 0.15) is 13.8 Å². The van der Waals surface area contributed by atoms with Crippen molar-refractivity contribution in [1.82, 2.24) is 0 Å². The Kier molecular flexibility index (Phi) is 3.29. The van der Waals surface area contributed by atoms with E-state index in [1.54, 1.807) is 6.92 Å². The minimum atomic E-state index is -0.796. The zero-order chi connectivity index (χ0) is 7.44. The molecule has 3 atom stereocenters. The lowest BCUT2D eigenvalue weighted by atomic mass is 10.0. The molecule has 0 aliphatic carbocycles. The second-order valence-electron chi connectivity index (χ2n) is 2.19. The number of terminal acetylenes is 1. The quantitative estimate of drug-likeness (QED) is 0.514. The predicted molar refractivity (Wildman–Crippen MR) is 35.7 cm³/mol. The van der Waals surface area contributed by atoms with E-state index in [9.17, 15) is 0 Å². The van der Waals surface area contributed by atoms with E-state index in [1.165, 1.54) is 6.92 Å². The highest BCUT2D eigenvalue weighted by Crippen LogP contribution is 2.04. The number of hydrogen-bond donors (Lipinski definition) is 2. The highest BCUT2D eigenvalue weighted by Gasteiger charge is 2.16. The summed E-state index contributed by atoms with van der Waals surface area (Å²) in [4.78, 5) is 0. The van der Waals surface area contributed by atoms with Crippen LogP contribution in [-0.2, 0) is 0 Å². The van der Waals surface area contributed by atoms with Crippen LogP contribution in [0, 0.1) is 18.3 Å². The first-order chi connectivity index (χ1) is 4.09. The lowest BCUT2D eigenvalue weighted by Gasteiger charge is -2.15. The molecule has 2 heteroatoms. The molecule has 0 amide bonds. The van der Waals surface area contributed by atoms with Crippen molar-refractivity contribution in [2.45, 2.75) is 26.1 Å². The average molecular weight is 128 g/mol. The maximum Gasteiger partial charge on any atom is 0.0930 e. The fourth-order valence-electron chi connectivity index (χ4n) is 0.516. The van der Waals surface area contributed by atoms with Crippen LogP contribution < -0.4 is 0 Å². The van der Waals surface area contributed by atoms with Crippen LogP contribution in [0.5, 0.6) is 0 Å². The van der Waals surface area contributed by atoms with Crippen LogP contribution in [0.15, 0.2) is 0 Å². The molecule has 2 nitrogen and oxygen atoms in total. The van der Waals surface area contributed by atoms with Crippen LogP contribution in [0.25, 0.3) is 0 Å². The van der Waals surface area contributed by atoms with Gasteiger partial charge in [0.2, 0.25) is 0 Å². The van der Waals surface area contributed by atoms with Gasteiger partial charge in [-0.05, 0) is 13.8 Å². The first kappa shape index (κ1) is 8.48. The maximum atomic E-state index is 9.00. The van der Waals surface area contributed by atoms with E-state index in [0.29, 0.717) is 0 Å². The summed E-state index contributed by atoms with van der Waals surface area (Å²) in [5.41, 5.74) is 0. The summed E-state index contributed by atoms with van der Waals surface area (Å²) in [6.07, 6.45) is 3.45. The maximum absolute atomic E-state index is 9.00. The van der Waals surface area contributed by atoms with Gasteiger partial charge in [0, 0.05) is 5.92 Å². The fourth-order valence-corrected chi connectivity index (χ4v) is 0.516. The Bertz CT molecular complexity index is 113. The van der Waals surface area contributed by atoms with Crippen LogP contribution in [0.4, 0.5) is 0 Å². The molecule has 0 aromatic heterocycles. The predicted octanol–water partition coefficient (Wildman–Crippen LogP) is -0.00260. The SMILES string of the molecule is C#C[C@H](C)[C@H](O)[C@H](C)O. The van der Waals surface area contributed by atoms with E-state index < -0.39 is 12.2 Å². The van der Waals surface area contributed by atoms with Crippen molar-refractivity contribution in [1.29, 1.82) is 0 Å². The molecule has 0 heterocycles. The molecule has 0 aromatic carbocycles. The molecule has 0 fully saturated rings. The van der Waals surface area contributed by atoms with Crippen molar-refractivity contribution >= 4 is 0 Å². The van der Waals surface area contributed by atoms with E-state index in [2.05, 4.69) is 5.92 Å². The van der Waals surface area contributed by atoms with E-state index in [-0.39, 0.29) is 5.92 Å². The third-order valence-corrected chi connectivity index (χ3v) is 1.27. The topological polar surface area (TPSA) is 40.5 Å². The van der Waals surface area contributed by atoms with Crippen LogP contribution in [-0.4, -0.2) is 22.4 Å². The largest absolute Gasteiger partial charge is 0.391 e. The third-order valence-electron chi connectivity index (χ3n) is 1.27. The van der Waals surface area contributed by atoms with E-state index in [4.69, 9.17) is 16.6 Å². The summed E-state index contributed by atoms with van der Waals surface area (Å²) in [5, 5.41) is 17.8. The fraction of sp³-hybridized carbons (Fsp3) is 0.714. The van der Waals surface area contributed by atoms with Crippen LogP contribution in [0.3, 0.4) is 0 Å². The Morgan fingerprint density at radius 3 is 1.89 bits per heavy atom. The summed E-state index contributed by atoms with van der Waals surface area (Å²) >= 11 is 0. The number of aliphatic hydroxyl groups excluding tert-OH is 2. The van der Waals surface area contributed by atoms with E-state index in [0.717, 1.165) is 0 Å². The van der Waals surface area contributed by atoms with Gasteiger partial charge in [-0.3, -0.25) is 0 Å². The molecule has 2 N–H and O–H groups in total. The van der Waals surface area contributed by atoms with Gasteiger partial charge < -0.3 is 10.2 Å². The van der Waals surface area contributed by atoms with Crippen molar-refractivity contribution in [3.05, 3.63) is 0 Å². The first-order valence-corrected chi connectivity index (χ1v) is 2.92. The Morgan fingerprint density at radius 2 is 1.78 bits per heavy atom. The number of rotatable bonds is 2. The minimum Gasteiger partial charge on any atom is -0.391 e. The van der Waals surface area contributed by atoms with Crippen molar-refractivity contribution in [3.63, 3.8) is 0 Å². The van der Waals surface area contributed by atoms with Gasteiger partial charge in [-0.1, -0.05) is 0 Å². The summed E-state index contributed by atoms with van der Waals surface area (Å²) < 4.78 is 0. The third kappa shape index (κ3) is 2.50. The summed E-state index contributed by atoms with van der Waals surface area (Å²) in [6, 6.07) is 0. The van der Waals surface area contributed by atoms with Gasteiger partial charge >= 0.3 is 0 Å². The zero-order valence-corrected chi connectivity index (χ0v) is 5.70. The Hall–Kier alpha value is -0.520. The molecule has 0 aromatic rings. The smallest absolute Gasteiger partial charge is 0.0930 e. The van der Waals surface area contributed by atoms with Crippen LogP contribution >= 0.6 is 0 Å². The molecule has 0 aliphatic rings. The molecule has 0 unspecified atom stereocenters. The molecule has 0 saturated heterocycles. The highest BCUT2D eigenvalue weighted by molar-refractivity contribution is 4.95. The molecule has 0 saturated carbocycles. The molecule has 0 aliphatic heterocycles. The lowest BCUT2D eigenvalue weighted by Crippen LogP contribution is -2.28. The van der Waals surface area contributed by atoms with Gasteiger partial charge in [0.1, 0.15) is 0 Å². The second-order valence-corrected chi connectivity index (χ2v) is 2.19. The lowest BCUT2D eigenvalue weighted by molar-refractivity contribution is 0.0120. The summed E-state index contributed by atoms with van der Waals surface area (Å²) in [6.45, 7) is 3.20. The van der Waals surface area contributed by atoms with E-state index >= 15 is 0 Å². The van der Waals surface area contributed by atoms with Gasteiger partial charge in [0.25, 0.3) is 0 Å². The average Bonchev–Trinajstić information content (AvgIpc) is 1.84. The summed E-state index contributed by atoms with van der Waals surface area (Å²) in [7, 11) is 0. The van der Waals surface area contributed by atoms with Gasteiger partial charge in [0.15, 0.2) is 0 Å². The second kappa shape index (κ2) is 3.49.